The summed E-state index contributed by atoms with van der Waals surface area (Å²) in [6, 6.07) is 4.98. The minimum atomic E-state index is -0.445. The van der Waals surface area contributed by atoms with Crippen LogP contribution in [-0.4, -0.2) is 43.2 Å². The normalized spacial score (nSPS) is 19.0. The van der Waals surface area contributed by atoms with Crippen molar-refractivity contribution in [2.24, 2.45) is 0 Å². The zero-order valence-corrected chi connectivity index (χ0v) is 11.9. The van der Waals surface area contributed by atoms with Crippen molar-refractivity contribution < 1.29 is 14.4 Å². The fraction of sp³-hybridized carbons (Fsp3) is 0.571. The summed E-state index contributed by atoms with van der Waals surface area (Å²) in [7, 11) is 3.61. The van der Waals surface area contributed by atoms with Crippen LogP contribution in [0.5, 0.6) is 11.5 Å². The minimum absolute atomic E-state index is 0.00438. The number of rotatable bonds is 6. The lowest BCUT2D eigenvalue weighted by atomic mass is 10.1. The molecule has 20 heavy (non-hydrogen) atoms. The molecule has 1 fully saturated rings. The molecule has 1 aliphatic rings. The third kappa shape index (κ3) is 3.39. The Morgan fingerprint density at radius 3 is 2.85 bits per heavy atom. The predicted molar refractivity (Wildman–Crippen MR) is 75.4 cm³/mol. The van der Waals surface area contributed by atoms with E-state index in [9.17, 15) is 10.1 Å². The molecule has 1 aliphatic heterocycles. The molecule has 1 saturated heterocycles. The Labute approximate surface area is 118 Å². The van der Waals surface area contributed by atoms with Crippen LogP contribution in [0.4, 0.5) is 5.69 Å². The number of nitro benzene ring substituents is 1. The molecule has 0 aromatic heterocycles. The van der Waals surface area contributed by atoms with Crippen molar-refractivity contribution in [3.8, 4) is 11.5 Å². The summed E-state index contributed by atoms with van der Waals surface area (Å²) in [6.45, 7) is 1.73. The average molecular weight is 280 g/mol. The van der Waals surface area contributed by atoms with Gasteiger partial charge in [0, 0.05) is 12.1 Å². The number of nitro groups is 1. The Kier molecular flexibility index (Phi) is 4.79. The average Bonchev–Trinajstić information content (AvgIpc) is 2.84. The molecule has 1 atom stereocenters. The number of hydrogen-bond donors (Lipinski definition) is 0. The van der Waals surface area contributed by atoms with Gasteiger partial charge in [-0.25, -0.2) is 0 Å². The quantitative estimate of drug-likeness (QED) is 0.591. The highest BCUT2D eigenvalue weighted by atomic mass is 16.6. The van der Waals surface area contributed by atoms with Crippen LogP contribution in [-0.2, 0) is 0 Å². The van der Waals surface area contributed by atoms with Gasteiger partial charge in [-0.3, -0.25) is 10.1 Å². The number of methoxy groups -OCH3 is 1. The second-order valence-electron chi connectivity index (χ2n) is 5.01. The SMILES string of the molecule is COc1cc([N+](=O)[O-])ccc1OCCC1CCCN1C. The lowest BCUT2D eigenvalue weighted by molar-refractivity contribution is -0.384. The number of ether oxygens (including phenoxy) is 2. The first-order chi connectivity index (χ1) is 9.61. The molecular formula is C14H20N2O4. The van der Waals surface area contributed by atoms with E-state index >= 15 is 0 Å². The fourth-order valence-corrected chi connectivity index (χ4v) is 2.54. The van der Waals surface area contributed by atoms with Crippen molar-refractivity contribution >= 4 is 5.69 Å². The van der Waals surface area contributed by atoms with Gasteiger partial charge >= 0.3 is 0 Å². The predicted octanol–water partition coefficient (Wildman–Crippen LogP) is 2.47. The highest BCUT2D eigenvalue weighted by molar-refractivity contribution is 5.48. The van der Waals surface area contributed by atoms with E-state index in [0.29, 0.717) is 24.1 Å². The largest absolute Gasteiger partial charge is 0.493 e. The molecule has 110 valence electrons. The fourth-order valence-electron chi connectivity index (χ4n) is 2.54. The number of benzene rings is 1. The molecule has 6 nitrogen and oxygen atoms in total. The van der Waals surface area contributed by atoms with Crippen molar-refractivity contribution in [1.82, 2.24) is 4.90 Å². The van der Waals surface area contributed by atoms with Gasteiger partial charge in [-0.2, -0.15) is 0 Å². The van der Waals surface area contributed by atoms with Crippen molar-refractivity contribution in [3.63, 3.8) is 0 Å². The van der Waals surface area contributed by atoms with Crippen LogP contribution in [0.15, 0.2) is 18.2 Å². The van der Waals surface area contributed by atoms with E-state index in [1.54, 1.807) is 6.07 Å². The Hall–Kier alpha value is -1.82. The molecule has 0 bridgehead atoms. The first-order valence-corrected chi connectivity index (χ1v) is 6.77. The van der Waals surface area contributed by atoms with Crippen LogP contribution in [0.1, 0.15) is 19.3 Å². The van der Waals surface area contributed by atoms with Gasteiger partial charge in [0.25, 0.3) is 5.69 Å². The monoisotopic (exact) mass is 280 g/mol. The van der Waals surface area contributed by atoms with Gasteiger partial charge in [-0.05, 0) is 38.9 Å². The number of nitrogens with zero attached hydrogens (tertiary/aromatic N) is 2. The summed E-state index contributed by atoms with van der Waals surface area (Å²) < 4.78 is 10.8. The van der Waals surface area contributed by atoms with Crippen molar-refractivity contribution in [2.75, 3.05) is 27.3 Å². The maximum atomic E-state index is 10.7. The topological polar surface area (TPSA) is 64.8 Å². The molecule has 1 aromatic rings. The smallest absolute Gasteiger partial charge is 0.273 e. The molecule has 0 aliphatic carbocycles. The summed E-state index contributed by atoms with van der Waals surface area (Å²) in [6.07, 6.45) is 3.40. The Bertz CT molecular complexity index is 478. The van der Waals surface area contributed by atoms with E-state index in [0.717, 1.165) is 13.0 Å². The highest BCUT2D eigenvalue weighted by Crippen LogP contribution is 2.31. The second kappa shape index (κ2) is 6.56. The molecule has 1 aromatic carbocycles. The molecule has 6 heteroatoms. The van der Waals surface area contributed by atoms with Crippen LogP contribution in [0.2, 0.25) is 0 Å². The van der Waals surface area contributed by atoms with Crippen LogP contribution in [0, 0.1) is 10.1 Å². The van der Waals surface area contributed by atoms with Gasteiger partial charge in [0.2, 0.25) is 0 Å². The van der Waals surface area contributed by atoms with E-state index in [1.807, 2.05) is 0 Å². The molecule has 0 saturated carbocycles. The zero-order valence-electron chi connectivity index (χ0n) is 11.9. The van der Waals surface area contributed by atoms with E-state index in [1.165, 1.54) is 32.1 Å². The molecule has 2 rings (SSSR count). The Morgan fingerprint density at radius 2 is 2.25 bits per heavy atom. The third-order valence-corrected chi connectivity index (χ3v) is 3.74. The molecule has 0 radical (unpaired) electrons. The number of hydrogen-bond acceptors (Lipinski definition) is 5. The molecule has 1 heterocycles. The van der Waals surface area contributed by atoms with E-state index < -0.39 is 4.92 Å². The summed E-state index contributed by atoms with van der Waals surface area (Å²) in [4.78, 5) is 12.6. The van der Waals surface area contributed by atoms with Crippen LogP contribution >= 0.6 is 0 Å². The number of non-ortho nitro benzene ring substituents is 1. The van der Waals surface area contributed by atoms with Gasteiger partial charge in [0.1, 0.15) is 0 Å². The second-order valence-corrected chi connectivity index (χ2v) is 5.01. The molecule has 0 spiro atoms. The van der Waals surface area contributed by atoms with Gasteiger partial charge in [-0.1, -0.05) is 0 Å². The molecule has 0 amide bonds. The van der Waals surface area contributed by atoms with E-state index in [-0.39, 0.29) is 5.69 Å². The van der Waals surface area contributed by atoms with E-state index in [2.05, 4.69) is 11.9 Å². The summed E-state index contributed by atoms with van der Waals surface area (Å²) in [5.41, 5.74) is 0.00438. The van der Waals surface area contributed by atoms with Crippen molar-refractivity contribution in [2.45, 2.75) is 25.3 Å². The lowest BCUT2D eigenvalue weighted by Gasteiger charge is -2.19. The van der Waals surface area contributed by atoms with Gasteiger partial charge in [0.05, 0.1) is 24.7 Å². The summed E-state index contributed by atoms with van der Waals surface area (Å²) in [5, 5.41) is 10.7. The zero-order chi connectivity index (χ0) is 14.5. The van der Waals surface area contributed by atoms with Gasteiger partial charge < -0.3 is 14.4 Å². The summed E-state index contributed by atoms with van der Waals surface area (Å²) in [5.74, 6) is 0.956. The van der Waals surface area contributed by atoms with Crippen molar-refractivity contribution in [1.29, 1.82) is 0 Å². The number of likely N-dealkylation sites (tertiary alicyclic amines) is 1. The van der Waals surface area contributed by atoms with Crippen LogP contribution < -0.4 is 9.47 Å². The van der Waals surface area contributed by atoms with Crippen LogP contribution in [0.25, 0.3) is 0 Å². The first-order valence-electron chi connectivity index (χ1n) is 6.77. The highest BCUT2D eigenvalue weighted by Gasteiger charge is 2.20. The Balaban J connectivity index is 1.93. The molecule has 0 N–H and O–H groups in total. The maximum absolute atomic E-state index is 10.7. The van der Waals surface area contributed by atoms with Crippen molar-refractivity contribution in [3.05, 3.63) is 28.3 Å². The standard InChI is InChI=1S/C14H20N2O4/c1-15-8-3-4-11(15)7-9-20-13-6-5-12(16(17)18)10-14(13)19-2/h5-6,10-11H,3-4,7-9H2,1-2H3. The lowest BCUT2D eigenvalue weighted by Crippen LogP contribution is -2.26. The van der Waals surface area contributed by atoms with Gasteiger partial charge in [-0.15, -0.1) is 0 Å². The van der Waals surface area contributed by atoms with Gasteiger partial charge in [0.15, 0.2) is 11.5 Å². The summed E-state index contributed by atoms with van der Waals surface area (Å²) >= 11 is 0. The first kappa shape index (κ1) is 14.6. The van der Waals surface area contributed by atoms with Crippen LogP contribution in [0.3, 0.4) is 0 Å². The van der Waals surface area contributed by atoms with E-state index in [4.69, 9.17) is 9.47 Å². The third-order valence-electron chi connectivity index (χ3n) is 3.74. The molecular weight excluding hydrogens is 260 g/mol. The molecule has 1 unspecified atom stereocenters. The minimum Gasteiger partial charge on any atom is -0.493 e. The Morgan fingerprint density at radius 1 is 1.45 bits per heavy atom. The maximum Gasteiger partial charge on any atom is 0.273 e.